The van der Waals surface area contributed by atoms with Gasteiger partial charge in [0.25, 0.3) is 10.0 Å². The second-order valence-corrected chi connectivity index (χ2v) is 10.4. The Bertz CT molecular complexity index is 1560. The van der Waals surface area contributed by atoms with Gasteiger partial charge < -0.3 is 5.32 Å². The minimum atomic E-state index is -4.38. The van der Waals surface area contributed by atoms with Crippen molar-refractivity contribution in [3.63, 3.8) is 0 Å². The van der Waals surface area contributed by atoms with Crippen molar-refractivity contribution < 1.29 is 26.4 Å². The molecular formula is C25H20F3N5O3S. The molecule has 12 heteroatoms. The van der Waals surface area contributed by atoms with Gasteiger partial charge in [-0.3, -0.25) is 9.78 Å². The first kappa shape index (κ1) is 24.6. The number of rotatable bonds is 7. The average Bonchev–Trinajstić information content (AvgIpc) is 3.65. The van der Waals surface area contributed by atoms with Gasteiger partial charge in [0.15, 0.2) is 0 Å². The van der Waals surface area contributed by atoms with Gasteiger partial charge >= 0.3 is 6.18 Å². The van der Waals surface area contributed by atoms with E-state index in [9.17, 15) is 26.4 Å². The van der Waals surface area contributed by atoms with Gasteiger partial charge in [0.2, 0.25) is 11.9 Å². The summed E-state index contributed by atoms with van der Waals surface area (Å²) >= 11 is 0. The van der Waals surface area contributed by atoms with Crippen LogP contribution in [0.15, 0.2) is 78.2 Å². The Hall–Kier alpha value is -4.06. The second-order valence-electron chi connectivity index (χ2n) is 8.71. The molecule has 0 saturated heterocycles. The lowest BCUT2D eigenvalue weighted by atomic mass is 10.0. The van der Waals surface area contributed by atoms with E-state index in [2.05, 4.69) is 25.0 Å². The summed E-state index contributed by atoms with van der Waals surface area (Å²) in [5, 5.41) is 3.72. The zero-order valence-electron chi connectivity index (χ0n) is 19.1. The fourth-order valence-corrected chi connectivity index (χ4v) is 5.13. The largest absolute Gasteiger partial charge is 0.393 e. The Labute approximate surface area is 210 Å². The number of pyridine rings is 1. The third-order valence-corrected chi connectivity index (χ3v) is 7.38. The molecule has 2 heterocycles. The predicted molar refractivity (Wildman–Crippen MR) is 130 cm³/mol. The van der Waals surface area contributed by atoms with E-state index in [1.165, 1.54) is 43.0 Å². The molecule has 0 unspecified atom stereocenters. The van der Waals surface area contributed by atoms with E-state index in [-0.39, 0.29) is 34.2 Å². The van der Waals surface area contributed by atoms with Gasteiger partial charge in [0.05, 0.1) is 11.3 Å². The van der Waals surface area contributed by atoms with Gasteiger partial charge in [-0.2, -0.15) is 13.2 Å². The molecule has 5 rings (SSSR count). The smallest absolute Gasteiger partial charge is 0.326 e. The highest BCUT2D eigenvalue weighted by Crippen LogP contribution is 2.48. The monoisotopic (exact) mass is 527 g/mol. The van der Waals surface area contributed by atoms with Gasteiger partial charge in [-0.1, -0.05) is 18.2 Å². The van der Waals surface area contributed by atoms with Gasteiger partial charge in [-0.05, 0) is 59.2 Å². The lowest BCUT2D eigenvalue weighted by Crippen LogP contribution is -2.15. The molecule has 2 aromatic heterocycles. The van der Waals surface area contributed by atoms with Crippen LogP contribution in [0.2, 0.25) is 0 Å². The molecule has 1 aliphatic rings. The third-order valence-electron chi connectivity index (χ3n) is 6.04. The number of benzene rings is 2. The molecular weight excluding hydrogens is 507 g/mol. The van der Waals surface area contributed by atoms with Crippen LogP contribution in [0.5, 0.6) is 0 Å². The Morgan fingerprint density at radius 2 is 1.76 bits per heavy atom. The van der Waals surface area contributed by atoms with Crippen molar-refractivity contribution in [3.8, 4) is 0 Å². The zero-order chi connectivity index (χ0) is 26.2. The first-order chi connectivity index (χ1) is 17.6. The maximum atomic E-state index is 12.9. The predicted octanol–water partition coefficient (Wildman–Crippen LogP) is 4.67. The normalized spacial score (nSPS) is 17.4. The van der Waals surface area contributed by atoms with E-state index in [0.29, 0.717) is 22.9 Å². The van der Waals surface area contributed by atoms with Crippen LogP contribution in [0, 0.1) is 5.92 Å². The quantitative estimate of drug-likeness (QED) is 0.361. The summed E-state index contributed by atoms with van der Waals surface area (Å²) < 4.78 is 66.2. The number of nitrogens with zero attached hydrogens (tertiary/aromatic N) is 3. The lowest BCUT2D eigenvalue weighted by Gasteiger charge is -2.11. The van der Waals surface area contributed by atoms with Crippen LogP contribution in [0.3, 0.4) is 0 Å². The number of hydrogen-bond donors (Lipinski definition) is 2. The molecule has 0 bridgehead atoms. The molecule has 4 aromatic rings. The second kappa shape index (κ2) is 9.43. The minimum Gasteiger partial charge on any atom is -0.326 e. The SMILES string of the molecule is O=C(Nc1ccc2cncc(CC(F)(F)F)c2c1)[C@@H]1C[C@H]1c1ccc(S(=O)(=O)Nc2ncccn2)cc1. The van der Waals surface area contributed by atoms with E-state index in [1.807, 2.05) is 0 Å². The molecule has 1 saturated carbocycles. The molecule has 0 radical (unpaired) electrons. The Kier molecular flexibility index (Phi) is 6.28. The minimum absolute atomic E-state index is 0.0330. The van der Waals surface area contributed by atoms with Crippen LogP contribution in [-0.2, 0) is 21.2 Å². The number of sulfonamides is 1. The summed E-state index contributed by atoms with van der Waals surface area (Å²) in [5.41, 5.74) is 1.24. The fourth-order valence-electron chi connectivity index (χ4n) is 4.17. The van der Waals surface area contributed by atoms with Crippen LogP contribution >= 0.6 is 0 Å². The van der Waals surface area contributed by atoms with Crippen molar-refractivity contribution in [2.75, 3.05) is 10.0 Å². The first-order valence-electron chi connectivity index (χ1n) is 11.2. The molecule has 0 spiro atoms. The summed E-state index contributed by atoms with van der Waals surface area (Å²) in [6.45, 7) is 0. The molecule has 1 fully saturated rings. The number of alkyl halides is 3. The maximum Gasteiger partial charge on any atom is 0.393 e. The van der Waals surface area contributed by atoms with Crippen LogP contribution in [0.1, 0.15) is 23.5 Å². The topological polar surface area (TPSA) is 114 Å². The standard InChI is InChI=1S/C25H20F3N5O3S/c26-25(27,28)12-17-14-29-13-16-2-5-18(10-20(16)17)32-23(34)22-11-21(22)15-3-6-19(7-4-15)37(35,36)33-24-30-8-1-9-31-24/h1-10,13-14,21-22H,11-12H2,(H,32,34)(H,30,31,33)/t21-,22+/m0/s1. The number of carbonyl (C=O) groups excluding carboxylic acids is 1. The van der Waals surface area contributed by atoms with Crippen molar-refractivity contribution in [2.24, 2.45) is 5.92 Å². The van der Waals surface area contributed by atoms with Crippen molar-refractivity contribution >= 4 is 38.3 Å². The molecule has 0 aliphatic heterocycles. The average molecular weight is 528 g/mol. The number of anilines is 2. The van der Waals surface area contributed by atoms with Crippen LogP contribution in [0.4, 0.5) is 24.8 Å². The van der Waals surface area contributed by atoms with Crippen molar-refractivity contribution in [1.29, 1.82) is 0 Å². The zero-order valence-corrected chi connectivity index (χ0v) is 19.9. The summed E-state index contributed by atoms with van der Waals surface area (Å²) in [4.78, 5) is 24.4. The number of halogens is 3. The number of nitrogens with one attached hydrogen (secondary N) is 2. The van der Waals surface area contributed by atoms with E-state index in [1.54, 1.807) is 30.3 Å². The van der Waals surface area contributed by atoms with Crippen LogP contribution in [-0.4, -0.2) is 35.5 Å². The van der Waals surface area contributed by atoms with Crippen molar-refractivity contribution in [2.45, 2.75) is 29.8 Å². The third kappa shape index (κ3) is 5.69. The number of aromatic nitrogens is 3. The Morgan fingerprint density at radius 3 is 2.46 bits per heavy atom. The molecule has 190 valence electrons. The fraction of sp³-hybridized carbons (Fsp3) is 0.200. The maximum absolute atomic E-state index is 12.9. The molecule has 1 aliphatic carbocycles. The molecule has 37 heavy (non-hydrogen) atoms. The van der Waals surface area contributed by atoms with Gasteiger partial charge in [0.1, 0.15) is 0 Å². The van der Waals surface area contributed by atoms with E-state index in [4.69, 9.17) is 0 Å². The van der Waals surface area contributed by atoms with Gasteiger partial charge in [0, 0.05) is 41.8 Å². The number of hydrogen-bond acceptors (Lipinski definition) is 6. The van der Waals surface area contributed by atoms with Gasteiger partial charge in [-0.15, -0.1) is 0 Å². The van der Waals surface area contributed by atoms with Crippen LogP contribution in [0.25, 0.3) is 10.8 Å². The molecule has 1 amide bonds. The summed E-state index contributed by atoms with van der Waals surface area (Å²) in [6, 6.07) is 12.6. The van der Waals surface area contributed by atoms with E-state index < -0.39 is 22.6 Å². The molecule has 2 N–H and O–H groups in total. The summed E-state index contributed by atoms with van der Waals surface area (Å²) in [5.74, 6) is -0.718. The Balaban J connectivity index is 1.25. The van der Waals surface area contributed by atoms with E-state index >= 15 is 0 Å². The van der Waals surface area contributed by atoms with E-state index in [0.717, 1.165) is 5.56 Å². The lowest BCUT2D eigenvalue weighted by molar-refractivity contribution is -0.127. The molecule has 8 nitrogen and oxygen atoms in total. The first-order valence-corrected chi connectivity index (χ1v) is 12.7. The number of carbonyl (C=O) groups is 1. The summed E-state index contributed by atoms with van der Waals surface area (Å²) in [6.07, 6.45) is 0.584. The van der Waals surface area contributed by atoms with Gasteiger partial charge in [-0.25, -0.2) is 23.1 Å². The highest BCUT2D eigenvalue weighted by Gasteiger charge is 2.44. The highest BCUT2D eigenvalue weighted by atomic mass is 32.2. The molecule has 2 aromatic carbocycles. The number of amides is 1. The highest BCUT2D eigenvalue weighted by molar-refractivity contribution is 7.92. The van der Waals surface area contributed by atoms with Crippen molar-refractivity contribution in [1.82, 2.24) is 15.0 Å². The Morgan fingerprint density at radius 1 is 1.03 bits per heavy atom. The van der Waals surface area contributed by atoms with Crippen molar-refractivity contribution in [3.05, 3.63) is 84.4 Å². The molecule has 2 atom stereocenters. The summed E-state index contributed by atoms with van der Waals surface area (Å²) in [7, 11) is -3.87. The van der Waals surface area contributed by atoms with Crippen LogP contribution < -0.4 is 10.0 Å². The number of fused-ring (bicyclic) bond motifs is 1.